The number of carbonyl (C=O) groups is 2. The van der Waals surface area contributed by atoms with Crippen LogP contribution in [0.4, 0.5) is 5.69 Å². The number of rotatable bonds is 5. The van der Waals surface area contributed by atoms with Crippen LogP contribution >= 0.6 is 11.6 Å². The average molecular weight is 378 g/mol. The molecule has 27 heavy (non-hydrogen) atoms. The molecule has 2 amide bonds. The largest absolute Gasteiger partial charge is 0.321 e. The molecule has 1 heterocycles. The van der Waals surface area contributed by atoms with Crippen molar-refractivity contribution in [3.8, 4) is 0 Å². The molecule has 0 atom stereocenters. The Kier molecular flexibility index (Phi) is 5.97. The number of halogens is 1. The minimum absolute atomic E-state index is 0.104. The van der Waals surface area contributed by atoms with E-state index in [2.05, 4.69) is 15.6 Å². The van der Waals surface area contributed by atoms with Crippen LogP contribution in [0.3, 0.4) is 0 Å². The summed E-state index contributed by atoms with van der Waals surface area (Å²) in [5.41, 5.74) is 1.81. The van der Waals surface area contributed by atoms with Crippen molar-refractivity contribution in [1.29, 1.82) is 0 Å². The van der Waals surface area contributed by atoms with Gasteiger partial charge in [0.25, 0.3) is 11.8 Å². The van der Waals surface area contributed by atoms with Gasteiger partial charge in [0, 0.05) is 28.7 Å². The van der Waals surface area contributed by atoms with Gasteiger partial charge in [-0.3, -0.25) is 14.6 Å². The van der Waals surface area contributed by atoms with Gasteiger partial charge in [-0.2, -0.15) is 0 Å². The van der Waals surface area contributed by atoms with Crippen molar-refractivity contribution in [2.75, 3.05) is 5.32 Å². The topological polar surface area (TPSA) is 71.1 Å². The van der Waals surface area contributed by atoms with E-state index in [-0.39, 0.29) is 11.6 Å². The van der Waals surface area contributed by atoms with Gasteiger partial charge in [0.15, 0.2) is 0 Å². The highest BCUT2D eigenvalue weighted by Crippen LogP contribution is 2.15. The number of aromatic nitrogens is 1. The smallest absolute Gasteiger partial charge is 0.272 e. The van der Waals surface area contributed by atoms with E-state index in [4.69, 9.17) is 11.6 Å². The molecular formula is C21H16ClN3O2. The van der Waals surface area contributed by atoms with Gasteiger partial charge in [-0.05, 0) is 54.1 Å². The molecule has 0 radical (unpaired) electrons. The van der Waals surface area contributed by atoms with Crippen LogP contribution in [0.2, 0.25) is 5.02 Å². The second-order valence-corrected chi connectivity index (χ2v) is 6.06. The summed E-state index contributed by atoms with van der Waals surface area (Å²) < 4.78 is 0. The molecule has 0 aliphatic heterocycles. The number of nitrogens with one attached hydrogen (secondary N) is 2. The molecule has 0 fully saturated rings. The molecule has 0 aliphatic rings. The highest BCUT2D eigenvalue weighted by atomic mass is 35.5. The Bertz CT molecular complexity index is 956. The summed E-state index contributed by atoms with van der Waals surface area (Å²) >= 11 is 5.87. The zero-order valence-corrected chi connectivity index (χ0v) is 15.0. The summed E-state index contributed by atoms with van der Waals surface area (Å²) in [5.74, 6) is -0.831. The molecule has 0 unspecified atom stereocenters. The third kappa shape index (κ3) is 5.26. The summed E-state index contributed by atoms with van der Waals surface area (Å²) in [6.45, 7) is 0. The zero-order chi connectivity index (χ0) is 19.1. The Balaban J connectivity index is 1.85. The first-order valence-electron chi connectivity index (χ1n) is 8.17. The monoisotopic (exact) mass is 377 g/mol. The number of hydrogen-bond donors (Lipinski definition) is 2. The first kappa shape index (κ1) is 18.4. The lowest BCUT2D eigenvalue weighted by Crippen LogP contribution is -2.30. The van der Waals surface area contributed by atoms with E-state index in [0.29, 0.717) is 21.8 Å². The first-order chi connectivity index (χ1) is 13.1. The van der Waals surface area contributed by atoms with E-state index in [9.17, 15) is 9.59 Å². The lowest BCUT2D eigenvalue weighted by Gasteiger charge is -2.11. The molecule has 2 aromatic carbocycles. The van der Waals surface area contributed by atoms with Crippen LogP contribution in [0.15, 0.2) is 84.8 Å². The predicted octanol–water partition coefficient (Wildman–Crippen LogP) is 4.14. The molecule has 0 saturated carbocycles. The predicted molar refractivity (Wildman–Crippen MR) is 106 cm³/mol. The lowest BCUT2D eigenvalue weighted by atomic mass is 10.2. The standard InChI is InChI=1S/C21H16ClN3O2/c22-17-8-10-18(11-9-17)24-21(27)19(13-15-5-4-12-23-14-15)25-20(26)16-6-2-1-3-7-16/h1-14H,(H,24,27)(H,25,26). The fourth-order valence-electron chi connectivity index (χ4n) is 2.30. The Morgan fingerprint density at radius 3 is 2.33 bits per heavy atom. The van der Waals surface area contributed by atoms with Gasteiger partial charge < -0.3 is 10.6 Å². The number of amides is 2. The van der Waals surface area contributed by atoms with Gasteiger partial charge in [-0.1, -0.05) is 35.9 Å². The number of pyridine rings is 1. The Morgan fingerprint density at radius 1 is 0.926 bits per heavy atom. The van der Waals surface area contributed by atoms with Crippen LogP contribution in [-0.2, 0) is 4.79 Å². The van der Waals surface area contributed by atoms with E-state index < -0.39 is 5.91 Å². The average Bonchev–Trinajstić information content (AvgIpc) is 2.70. The van der Waals surface area contributed by atoms with Crippen LogP contribution in [0.25, 0.3) is 6.08 Å². The maximum atomic E-state index is 12.7. The Morgan fingerprint density at radius 2 is 1.67 bits per heavy atom. The zero-order valence-electron chi connectivity index (χ0n) is 14.2. The molecule has 0 spiro atoms. The molecule has 0 bridgehead atoms. The summed E-state index contributed by atoms with van der Waals surface area (Å²) in [6.07, 6.45) is 4.80. The van der Waals surface area contributed by atoms with Gasteiger partial charge in [0.2, 0.25) is 0 Å². The second-order valence-electron chi connectivity index (χ2n) is 5.63. The highest BCUT2D eigenvalue weighted by Gasteiger charge is 2.15. The highest BCUT2D eigenvalue weighted by molar-refractivity contribution is 6.30. The Hall–Kier alpha value is -3.44. The SMILES string of the molecule is O=C(Nc1ccc(Cl)cc1)C(=Cc1cccnc1)NC(=O)c1ccccc1. The fraction of sp³-hybridized carbons (Fsp3) is 0. The van der Waals surface area contributed by atoms with E-state index >= 15 is 0 Å². The van der Waals surface area contributed by atoms with E-state index in [0.717, 1.165) is 0 Å². The van der Waals surface area contributed by atoms with Crippen molar-refractivity contribution in [2.24, 2.45) is 0 Å². The molecule has 0 aliphatic carbocycles. The van der Waals surface area contributed by atoms with Crippen molar-refractivity contribution in [3.63, 3.8) is 0 Å². The maximum absolute atomic E-state index is 12.7. The van der Waals surface area contributed by atoms with Crippen molar-refractivity contribution in [1.82, 2.24) is 10.3 Å². The molecule has 1 aromatic heterocycles. The van der Waals surface area contributed by atoms with Crippen molar-refractivity contribution in [2.45, 2.75) is 0 Å². The second kappa shape index (κ2) is 8.78. The minimum Gasteiger partial charge on any atom is -0.321 e. The Labute approximate surface area is 161 Å². The first-order valence-corrected chi connectivity index (χ1v) is 8.55. The lowest BCUT2D eigenvalue weighted by molar-refractivity contribution is -0.113. The van der Waals surface area contributed by atoms with Crippen LogP contribution in [-0.4, -0.2) is 16.8 Å². The van der Waals surface area contributed by atoms with Crippen molar-refractivity contribution >= 4 is 35.2 Å². The van der Waals surface area contributed by atoms with Gasteiger partial charge >= 0.3 is 0 Å². The number of nitrogens with zero attached hydrogens (tertiary/aromatic N) is 1. The summed E-state index contributed by atoms with van der Waals surface area (Å²) in [7, 11) is 0. The number of hydrogen-bond acceptors (Lipinski definition) is 3. The van der Waals surface area contributed by atoms with Gasteiger partial charge in [0.05, 0.1) is 0 Å². The number of benzene rings is 2. The number of anilines is 1. The van der Waals surface area contributed by atoms with Crippen molar-refractivity contribution in [3.05, 3.63) is 101 Å². The molecule has 3 rings (SSSR count). The van der Waals surface area contributed by atoms with E-state index in [1.807, 2.05) is 6.07 Å². The molecule has 3 aromatic rings. The minimum atomic E-state index is -0.453. The van der Waals surface area contributed by atoms with E-state index in [1.54, 1.807) is 79.1 Å². The quantitative estimate of drug-likeness (QED) is 0.656. The van der Waals surface area contributed by atoms with Crippen LogP contribution < -0.4 is 10.6 Å². The molecule has 5 nitrogen and oxygen atoms in total. The molecule has 2 N–H and O–H groups in total. The summed E-state index contributed by atoms with van der Waals surface area (Å²) in [6, 6.07) is 18.9. The normalized spacial score (nSPS) is 10.9. The summed E-state index contributed by atoms with van der Waals surface area (Å²) in [4.78, 5) is 29.2. The third-order valence-electron chi connectivity index (χ3n) is 3.63. The molecule has 6 heteroatoms. The number of carbonyl (C=O) groups excluding carboxylic acids is 2. The van der Waals surface area contributed by atoms with Crippen molar-refractivity contribution < 1.29 is 9.59 Å². The third-order valence-corrected chi connectivity index (χ3v) is 3.88. The molecule has 0 saturated heterocycles. The molecular weight excluding hydrogens is 362 g/mol. The summed E-state index contributed by atoms with van der Waals surface area (Å²) in [5, 5.41) is 5.98. The fourth-order valence-corrected chi connectivity index (χ4v) is 2.43. The van der Waals surface area contributed by atoms with Gasteiger partial charge in [0.1, 0.15) is 5.70 Å². The molecule has 134 valence electrons. The van der Waals surface area contributed by atoms with E-state index in [1.165, 1.54) is 0 Å². The van der Waals surface area contributed by atoms with Gasteiger partial charge in [-0.25, -0.2) is 0 Å². The van der Waals surface area contributed by atoms with Gasteiger partial charge in [-0.15, -0.1) is 0 Å². The van der Waals surface area contributed by atoms with Crippen LogP contribution in [0.1, 0.15) is 15.9 Å². The van der Waals surface area contributed by atoms with Crippen LogP contribution in [0.5, 0.6) is 0 Å². The van der Waals surface area contributed by atoms with Crippen LogP contribution in [0, 0.1) is 0 Å². The maximum Gasteiger partial charge on any atom is 0.272 e.